The number of carbonyl (C=O) groups excluding carboxylic acids is 1. The van der Waals surface area contributed by atoms with Crippen molar-refractivity contribution in [2.24, 2.45) is 11.3 Å². The Kier molecular flexibility index (Phi) is 4.52. The Balaban J connectivity index is 1.43. The molecule has 2 unspecified atom stereocenters. The average Bonchev–Trinajstić information content (AvgIpc) is 3.21. The number of pyridine rings is 1. The van der Waals surface area contributed by atoms with Crippen molar-refractivity contribution >= 4 is 21.6 Å². The molecule has 2 atom stereocenters. The van der Waals surface area contributed by atoms with Crippen molar-refractivity contribution in [3.8, 4) is 0 Å². The van der Waals surface area contributed by atoms with E-state index in [0.29, 0.717) is 23.7 Å². The van der Waals surface area contributed by atoms with Crippen molar-refractivity contribution in [3.63, 3.8) is 0 Å². The van der Waals surface area contributed by atoms with Gasteiger partial charge in [-0.1, -0.05) is 19.1 Å². The van der Waals surface area contributed by atoms with Crippen LogP contribution < -0.4 is 5.32 Å². The highest BCUT2D eigenvalue weighted by atomic mass is 32.2. The first-order chi connectivity index (χ1) is 12.9. The van der Waals surface area contributed by atoms with Gasteiger partial charge in [0.25, 0.3) is 0 Å². The fourth-order valence-electron chi connectivity index (χ4n) is 3.94. The second-order valence-electron chi connectivity index (χ2n) is 7.44. The van der Waals surface area contributed by atoms with Crippen LogP contribution in [0, 0.1) is 11.3 Å². The fraction of sp³-hybridized carbons (Fsp3) is 0.400. The second kappa shape index (κ2) is 6.73. The van der Waals surface area contributed by atoms with Crippen LogP contribution in [0.5, 0.6) is 0 Å². The Morgan fingerprint density at radius 1 is 1.30 bits per heavy atom. The van der Waals surface area contributed by atoms with Crippen molar-refractivity contribution < 1.29 is 13.2 Å². The summed E-state index contributed by atoms with van der Waals surface area (Å²) in [6, 6.07) is 10.6. The highest BCUT2D eigenvalue weighted by Crippen LogP contribution is 2.59. The molecule has 1 saturated carbocycles. The van der Waals surface area contributed by atoms with Gasteiger partial charge in [-0.25, -0.2) is 8.42 Å². The molecule has 0 radical (unpaired) electrons. The van der Waals surface area contributed by atoms with Crippen LogP contribution in [0.4, 0.5) is 5.69 Å². The summed E-state index contributed by atoms with van der Waals surface area (Å²) in [6.45, 7) is 2.92. The van der Waals surface area contributed by atoms with Crippen LogP contribution in [0.1, 0.15) is 25.3 Å². The number of sulfonamides is 1. The minimum Gasteiger partial charge on any atom is -0.324 e. The maximum absolute atomic E-state index is 12.9. The van der Waals surface area contributed by atoms with Crippen LogP contribution in [-0.4, -0.2) is 36.7 Å². The van der Waals surface area contributed by atoms with Crippen LogP contribution >= 0.6 is 0 Å². The molecule has 1 aromatic carbocycles. The van der Waals surface area contributed by atoms with Gasteiger partial charge in [-0.05, 0) is 54.5 Å². The van der Waals surface area contributed by atoms with Gasteiger partial charge in [0, 0.05) is 25.2 Å². The van der Waals surface area contributed by atoms with Gasteiger partial charge in [-0.2, -0.15) is 4.31 Å². The summed E-state index contributed by atoms with van der Waals surface area (Å²) in [5, 5.41) is 2.88. The number of carbonyl (C=O) groups is 1. The van der Waals surface area contributed by atoms with Crippen LogP contribution in [-0.2, 0) is 21.2 Å². The molecule has 2 aromatic rings. The standard InChI is InChI=1S/C20H23N3O3S/c1-2-15-5-7-17(8-6-15)27(25,26)23-11-9-20(14-23)12-18(20)19(24)22-16-4-3-10-21-13-16/h3-8,10,13,18H,2,9,11-12,14H2,1H3,(H,22,24). The normalized spacial score (nSPS) is 24.9. The maximum Gasteiger partial charge on any atom is 0.243 e. The zero-order valence-corrected chi connectivity index (χ0v) is 16.1. The van der Waals surface area contributed by atoms with Gasteiger partial charge in [-0.15, -0.1) is 0 Å². The predicted octanol–water partition coefficient (Wildman–Crippen LogP) is 2.68. The van der Waals surface area contributed by atoms with Gasteiger partial charge in [0.15, 0.2) is 0 Å². The van der Waals surface area contributed by atoms with Gasteiger partial charge >= 0.3 is 0 Å². The van der Waals surface area contributed by atoms with Crippen LogP contribution in [0.3, 0.4) is 0 Å². The highest BCUT2D eigenvalue weighted by molar-refractivity contribution is 7.89. The monoisotopic (exact) mass is 385 g/mol. The minimum atomic E-state index is -3.51. The van der Waals surface area contributed by atoms with E-state index in [9.17, 15) is 13.2 Å². The Bertz CT molecular complexity index is 944. The third-order valence-electron chi connectivity index (χ3n) is 5.76. The molecule has 2 fully saturated rings. The number of benzene rings is 1. The summed E-state index contributed by atoms with van der Waals surface area (Å²) in [7, 11) is -3.51. The third-order valence-corrected chi connectivity index (χ3v) is 7.61. The molecule has 1 aliphatic carbocycles. The fourth-order valence-corrected chi connectivity index (χ4v) is 5.48. The largest absolute Gasteiger partial charge is 0.324 e. The lowest BCUT2D eigenvalue weighted by atomic mass is 10.0. The number of hydrogen-bond donors (Lipinski definition) is 1. The van der Waals surface area contributed by atoms with E-state index < -0.39 is 10.0 Å². The van der Waals surface area contributed by atoms with Crippen LogP contribution in [0.2, 0.25) is 0 Å². The quantitative estimate of drug-likeness (QED) is 0.858. The van der Waals surface area contributed by atoms with Gasteiger partial charge in [0.2, 0.25) is 15.9 Å². The number of anilines is 1. The summed E-state index contributed by atoms with van der Waals surface area (Å²) >= 11 is 0. The SMILES string of the molecule is CCc1ccc(S(=O)(=O)N2CCC3(CC3C(=O)Nc3cccnc3)C2)cc1. The van der Waals surface area contributed by atoms with E-state index in [2.05, 4.69) is 10.3 Å². The van der Waals surface area contributed by atoms with Gasteiger partial charge in [-0.3, -0.25) is 9.78 Å². The number of nitrogens with one attached hydrogen (secondary N) is 1. The molecule has 2 aliphatic rings. The first-order valence-electron chi connectivity index (χ1n) is 9.25. The summed E-state index contributed by atoms with van der Waals surface area (Å²) in [5.41, 5.74) is 1.56. The molecule has 1 aliphatic heterocycles. The Morgan fingerprint density at radius 2 is 2.07 bits per heavy atom. The number of amides is 1. The molecule has 4 rings (SSSR count). The first-order valence-corrected chi connectivity index (χ1v) is 10.7. The zero-order chi connectivity index (χ0) is 19.1. The molecule has 1 amide bonds. The molecule has 7 heteroatoms. The van der Waals surface area contributed by atoms with Crippen molar-refractivity contribution in [2.75, 3.05) is 18.4 Å². The summed E-state index contributed by atoms with van der Waals surface area (Å²) in [6.07, 6.45) is 5.60. The second-order valence-corrected chi connectivity index (χ2v) is 9.37. The van der Waals surface area contributed by atoms with Crippen LogP contribution in [0.15, 0.2) is 53.7 Å². The molecular weight excluding hydrogens is 362 g/mol. The molecule has 2 heterocycles. The molecule has 142 valence electrons. The zero-order valence-electron chi connectivity index (χ0n) is 15.3. The van der Waals surface area contributed by atoms with Crippen molar-refractivity contribution in [1.29, 1.82) is 0 Å². The van der Waals surface area contributed by atoms with E-state index in [1.165, 1.54) is 4.31 Å². The lowest BCUT2D eigenvalue weighted by Crippen LogP contribution is -2.30. The van der Waals surface area contributed by atoms with Crippen molar-refractivity contribution in [2.45, 2.75) is 31.1 Å². The summed E-state index contributed by atoms with van der Waals surface area (Å²) < 4.78 is 27.4. The molecule has 1 saturated heterocycles. The molecular formula is C20H23N3O3S. The summed E-state index contributed by atoms with van der Waals surface area (Å²) in [5.74, 6) is -0.185. The molecule has 1 aromatic heterocycles. The average molecular weight is 385 g/mol. The first kappa shape index (κ1) is 18.1. The molecule has 27 heavy (non-hydrogen) atoms. The van der Waals surface area contributed by atoms with Crippen molar-refractivity contribution in [3.05, 3.63) is 54.4 Å². The van der Waals surface area contributed by atoms with Crippen LogP contribution in [0.25, 0.3) is 0 Å². The number of rotatable bonds is 5. The summed E-state index contributed by atoms with van der Waals surface area (Å²) in [4.78, 5) is 16.8. The highest BCUT2D eigenvalue weighted by Gasteiger charge is 2.62. The molecule has 1 N–H and O–H groups in total. The van der Waals surface area contributed by atoms with E-state index in [1.54, 1.807) is 36.7 Å². The van der Waals surface area contributed by atoms with Gasteiger partial charge in [0.05, 0.1) is 16.8 Å². The molecule has 0 bridgehead atoms. The van der Waals surface area contributed by atoms with Crippen molar-refractivity contribution in [1.82, 2.24) is 9.29 Å². The van der Waals surface area contributed by atoms with E-state index in [1.807, 2.05) is 19.1 Å². The number of nitrogens with zero attached hydrogens (tertiary/aromatic N) is 2. The van der Waals surface area contributed by atoms with E-state index >= 15 is 0 Å². The number of hydrogen-bond acceptors (Lipinski definition) is 4. The minimum absolute atomic E-state index is 0.0467. The predicted molar refractivity (Wildman–Crippen MR) is 103 cm³/mol. The Hall–Kier alpha value is -2.25. The lowest BCUT2D eigenvalue weighted by molar-refractivity contribution is -0.118. The van der Waals surface area contributed by atoms with E-state index in [0.717, 1.165) is 24.8 Å². The smallest absolute Gasteiger partial charge is 0.243 e. The van der Waals surface area contributed by atoms with Gasteiger partial charge in [0.1, 0.15) is 0 Å². The number of aryl methyl sites for hydroxylation is 1. The van der Waals surface area contributed by atoms with Gasteiger partial charge < -0.3 is 5.32 Å². The topological polar surface area (TPSA) is 79.4 Å². The van der Waals surface area contributed by atoms with E-state index in [4.69, 9.17) is 0 Å². The lowest BCUT2D eigenvalue weighted by Gasteiger charge is -2.17. The van der Waals surface area contributed by atoms with E-state index in [-0.39, 0.29) is 17.2 Å². The Morgan fingerprint density at radius 3 is 2.74 bits per heavy atom. The maximum atomic E-state index is 12.9. The third kappa shape index (κ3) is 3.37. The number of aromatic nitrogens is 1. The Labute approximate surface area is 159 Å². The molecule has 6 nitrogen and oxygen atoms in total. The molecule has 1 spiro atoms.